The van der Waals surface area contributed by atoms with Crippen molar-refractivity contribution in [2.45, 2.75) is 6.92 Å². The van der Waals surface area contributed by atoms with Gasteiger partial charge in [0.1, 0.15) is 58.4 Å². The lowest BCUT2D eigenvalue weighted by Crippen LogP contribution is -2.81. The van der Waals surface area contributed by atoms with Crippen LogP contribution < -0.4 is 21.9 Å². The highest BCUT2D eigenvalue weighted by Crippen LogP contribution is 2.31. The minimum atomic E-state index is -7.22. The zero-order valence-corrected chi connectivity index (χ0v) is 32.9. The first-order chi connectivity index (χ1) is 30.8. The molecule has 0 spiro atoms. The molecule has 2 nitrogen and oxygen atoms in total. The predicted octanol–water partition coefficient (Wildman–Crippen LogP) is 9.24. The summed E-state index contributed by atoms with van der Waals surface area (Å²) in [6.07, 6.45) is -7.22. The fourth-order valence-corrected chi connectivity index (χ4v) is 7.99. The first kappa shape index (κ1) is 50.4. The van der Waals surface area contributed by atoms with Gasteiger partial charge in [0.25, 0.3) is 0 Å². The average Bonchev–Trinajstić information content (AvgIpc) is 3.31. The average molecular weight is 976 g/mol. The van der Waals surface area contributed by atoms with Gasteiger partial charge < -0.3 is 0 Å². The van der Waals surface area contributed by atoms with Gasteiger partial charge >= 0.3 is 0 Å². The zero-order valence-electron chi connectivity index (χ0n) is 32.0. The molecule has 0 aliphatic heterocycles. The maximum absolute atomic E-state index is 15.4. The van der Waals surface area contributed by atoms with Crippen LogP contribution in [0.15, 0.2) is 60.7 Å². The molecule has 66 heavy (non-hydrogen) atoms. The molecule has 346 valence electrons. The molecule has 0 aromatic heterocycles. The molecule has 0 saturated carbocycles. The van der Waals surface area contributed by atoms with Crippen LogP contribution in [-0.4, -0.2) is 23.4 Å². The predicted molar refractivity (Wildman–Crippen MR) is 197 cm³/mol. The number of carbonyl (C=O) groups is 1. The van der Waals surface area contributed by atoms with Crippen LogP contribution >= 0.6 is 0 Å². The molecular formula is C42H17BF20O2S. The van der Waals surface area contributed by atoms with E-state index in [0.29, 0.717) is 11.3 Å². The van der Waals surface area contributed by atoms with Crippen molar-refractivity contribution >= 4 is 43.7 Å². The molecule has 0 aliphatic carbocycles. The molecule has 0 fully saturated rings. The van der Waals surface area contributed by atoms with Gasteiger partial charge in [0.15, 0.2) is 90.7 Å². The SMILES string of the molecule is CC[S+](=O)(C#Cc1ccccc1)CC(=O)c1ccccc1.Fc1c(F)c(F)c([B-](c2c(F)c(F)c(F)c(F)c2F)(c2c(F)c(F)c(F)c(F)c2F)c2c(F)c(F)c(F)c(F)c2F)c(F)c1F. The highest BCUT2D eigenvalue weighted by Gasteiger charge is 2.52. The van der Waals surface area contributed by atoms with Gasteiger partial charge in [-0.1, -0.05) is 52.7 Å². The zero-order chi connectivity index (χ0) is 49.5. The molecule has 6 rings (SSSR count). The smallest absolute Gasteiger partial charge is 0.212 e. The summed E-state index contributed by atoms with van der Waals surface area (Å²) in [7, 11) is -2.48. The van der Waals surface area contributed by atoms with E-state index in [2.05, 4.69) is 11.2 Å². The molecule has 24 heteroatoms. The Morgan fingerprint density at radius 1 is 0.409 bits per heavy atom. The molecule has 6 aromatic carbocycles. The summed E-state index contributed by atoms with van der Waals surface area (Å²) in [6, 6.07) is 18.3. The fraction of sp³-hybridized carbons (Fsp3) is 0.0714. The molecule has 0 N–H and O–H groups in total. The number of hydrogen-bond donors (Lipinski definition) is 0. The van der Waals surface area contributed by atoms with Crippen LogP contribution in [0, 0.1) is 128 Å². The van der Waals surface area contributed by atoms with E-state index in [1.807, 2.05) is 36.4 Å². The van der Waals surface area contributed by atoms with Crippen molar-refractivity contribution in [2.24, 2.45) is 0 Å². The van der Waals surface area contributed by atoms with Crippen molar-refractivity contribution in [3.05, 3.63) is 188 Å². The molecular weight excluding hydrogens is 959 g/mol. The maximum atomic E-state index is 15.4. The number of hydrogen-bond acceptors (Lipinski definition) is 2. The Morgan fingerprint density at radius 2 is 0.652 bits per heavy atom. The Labute approximate surface area is 357 Å². The van der Waals surface area contributed by atoms with E-state index < -0.39 is 154 Å². The number of carbonyl (C=O) groups excluding carboxylic acids is 1. The van der Waals surface area contributed by atoms with Crippen LogP contribution in [0.25, 0.3) is 0 Å². The lowest BCUT2D eigenvalue weighted by molar-refractivity contribution is 0.102. The van der Waals surface area contributed by atoms with Crippen molar-refractivity contribution in [1.82, 2.24) is 0 Å². The highest BCUT2D eigenvalue weighted by molar-refractivity contribution is 8.07. The van der Waals surface area contributed by atoms with Gasteiger partial charge in [-0.15, -0.1) is 21.9 Å². The topological polar surface area (TPSA) is 34.1 Å². The Kier molecular flexibility index (Phi) is 14.6. The summed E-state index contributed by atoms with van der Waals surface area (Å²) < 4.78 is 307. The molecule has 0 saturated heterocycles. The van der Waals surface area contributed by atoms with Gasteiger partial charge in [0.2, 0.25) is 5.78 Å². The van der Waals surface area contributed by atoms with Crippen molar-refractivity contribution in [1.29, 1.82) is 0 Å². The number of ketones is 1. The second-order valence-electron chi connectivity index (χ2n) is 13.4. The van der Waals surface area contributed by atoms with Gasteiger partial charge in [-0.2, -0.15) is 0 Å². The summed E-state index contributed by atoms with van der Waals surface area (Å²) in [4.78, 5) is 12.2. The Morgan fingerprint density at radius 3 is 0.909 bits per heavy atom. The van der Waals surface area contributed by atoms with Crippen LogP contribution in [0.5, 0.6) is 0 Å². The molecule has 0 bridgehead atoms. The molecule has 0 aliphatic rings. The van der Waals surface area contributed by atoms with E-state index in [0.717, 1.165) is 5.56 Å². The van der Waals surface area contributed by atoms with Gasteiger partial charge in [0, 0.05) is 11.1 Å². The van der Waals surface area contributed by atoms with E-state index in [1.54, 1.807) is 31.2 Å². The van der Waals surface area contributed by atoms with Gasteiger partial charge in [0.05, 0.1) is 0 Å². The van der Waals surface area contributed by atoms with Gasteiger partial charge in [-0.3, -0.25) is 4.79 Å². The van der Waals surface area contributed by atoms with E-state index >= 15 is 35.1 Å². The fourth-order valence-electron chi connectivity index (χ4n) is 6.68. The Balaban J connectivity index is 0.000000324. The Bertz CT molecular complexity index is 2670. The minimum absolute atomic E-state index is 0.0205. The van der Waals surface area contributed by atoms with Gasteiger partial charge in [-0.05, 0) is 25.0 Å². The monoisotopic (exact) mass is 976 g/mol. The second kappa shape index (κ2) is 19.1. The standard InChI is InChI=1S/C24BF20.C18H17O2S/c26-5-1(6(27)14(35)21(42)13(5)34)25(2-7(28)15(36)22(43)16(37)8(2)29,3-9(30)17(38)23(44)18(39)10(3)31)4-11(32)19(40)24(45)20(41)12(4)33;1-2-21(20,14-13-16-9-5-3-6-10-16)15-18(19)17-11-7-4-8-12-17/h;3-12H,2,15H2,1H3/q-1;+1. The van der Waals surface area contributed by atoms with Crippen LogP contribution in [0.3, 0.4) is 0 Å². The molecule has 1 unspecified atom stereocenters. The molecule has 6 aromatic rings. The Hall–Kier alpha value is -6.64. The van der Waals surface area contributed by atoms with E-state index in [1.165, 1.54) is 0 Å². The van der Waals surface area contributed by atoms with Gasteiger partial charge in [-0.25, -0.2) is 87.8 Å². The number of Topliss-reactive ketones (excluding diaryl/α,β-unsaturated/α-hetero) is 1. The third-order valence-electron chi connectivity index (χ3n) is 9.79. The number of halogens is 20. The van der Waals surface area contributed by atoms with Crippen molar-refractivity contribution in [2.75, 3.05) is 11.5 Å². The van der Waals surface area contributed by atoms with Crippen molar-refractivity contribution < 1.29 is 96.8 Å². The van der Waals surface area contributed by atoms with Crippen LogP contribution in [0.1, 0.15) is 22.8 Å². The summed E-state index contributed by atoms with van der Waals surface area (Å²) in [5.41, 5.74) is -12.9. The highest BCUT2D eigenvalue weighted by atomic mass is 32.2. The minimum Gasteiger partial charge on any atom is -0.289 e. The second-order valence-corrected chi connectivity index (χ2v) is 16.1. The van der Waals surface area contributed by atoms with Crippen molar-refractivity contribution in [3.8, 4) is 11.2 Å². The van der Waals surface area contributed by atoms with Crippen LogP contribution in [0.2, 0.25) is 0 Å². The molecule has 0 radical (unpaired) electrons. The summed E-state index contributed by atoms with van der Waals surface area (Å²) in [5.74, 6) is -68.3. The van der Waals surface area contributed by atoms with Crippen LogP contribution in [-0.2, 0) is 14.1 Å². The first-order valence-corrected chi connectivity index (χ1v) is 19.6. The summed E-state index contributed by atoms with van der Waals surface area (Å²) in [6.45, 7) is 1.81. The normalized spacial score (nSPS) is 12.3. The van der Waals surface area contributed by atoms with Crippen molar-refractivity contribution in [3.63, 3.8) is 0 Å². The van der Waals surface area contributed by atoms with E-state index in [9.17, 15) is 61.7 Å². The third-order valence-corrected chi connectivity index (χ3v) is 11.9. The third kappa shape index (κ3) is 8.39. The first-order valence-electron chi connectivity index (χ1n) is 17.7. The summed E-state index contributed by atoms with van der Waals surface area (Å²) in [5, 5.41) is 2.82. The number of benzene rings is 6. The van der Waals surface area contributed by atoms with Crippen LogP contribution in [0.4, 0.5) is 87.8 Å². The molecule has 0 amide bonds. The van der Waals surface area contributed by atoms with E-state index in [-0.39, 0.29) is 11.5 Å². The summed E-state index contributed by atoms with van der Waals surface area (Å²) >= 11 is 0. The molecule has 0 heterocycles. The van der Waals surface area contributed by atoms with E-state index in [4.69, 9.17) is 0 Å². The lowest BCUT2D eigenvalue weighted by atomic mass is 9.12. The maximum Gasteiger partial charge on any atom is 0.212 e. The number of rotatable bonds is 8. The largest absolute Gasteiger partial charge is 0.289 e. The molecule has 1 atom stereocenters. The quantitative estimate of drug-likeness (QED) is 0.0290. The lowest BCUT2D eigenvalue weighted by Gasteiger charge is -2.44.